The minimum absolute atomic E-state index is 0.00564. The lowest BCUT2D eigenvalue weighted by Gasteiger charge is -2.29. The number of thiocarbonyl (C=S) groups is 1. The summed E-state index contributed by atoms with van der Waals surface area (Å²) >= 11 is 5.88. The molecular formula is C25H30N4OS. The van der Waals surface area contributed by atoms with Crippen molar-refractivity contribution in [2.45, 2.75) is 46.3 Å². The monoisotopic (exact) mass is 434 g/mol. The van der Waals surface area contributed by atoms with Gasteiger partial charge in [0.05, 0.1) is 24.4 Å². The fourth-order valence-corrected chi connectivity index (χ4v) is 5.04. The second-order valence-corrected chi connectivity index (χ2v) is 8.70. The third-order valence-corrected chi connectivity index (χ3v) is 6.35. The largest absolute Gasteiger partial charge is 0.383 e. The molecular weight excluding hydrogens is 404 g/mol. The molecule has 1 aliphatic heterocycles. The third-order valence-electron chi connectivity index (χ3n) is 6.03. The van der Waals surface area contributed by atoms with Gasteiger partial charge in [-0.2, -0.15) is 0 Å². The van der Waals surface area contributed by atoms with Crippen LogP contribution in [0.25, 0.3) is 0 Å². The Morgan fingerprint density at radius 2 is 1.81 bits per heavy atom. The lowest BCUT2D eigenvalue weighted by atomic mass is 9.96. The molecule has 1 aromatic carbocycles. The molecule has 0 aliphatic carbocycles. The maximum absolute atomic E-state index is 5.88. The Morgan fingerprint density at radius 3 is 2.45 bits per heavy atom. The zero-order valence-electron chi connectivity index (χ0n) is 18.8. The van der Waals surface area contributed by atoms with E-state index < -0.39 is 0 Å². The van der Waals surface area contributed by atoms with E-state index in [1.54, 1.807) is 7.11 Å². The van der Waals surface area contributed by atoms with Crippen LogP contribution in [0.2, 0.25) is 0 Å². The third kappa shape index (κ3) is 4.10. The van der Waals surface area contributed by atoms with Crippen LogP contribution in [-0.4, -0.2) is 28.4 Å². The van der Waals surface area contributed by atoms with E-state index in [0.29, 0.717) is 6.61 Å². The van der Waals surface area contributed by atoms with E-state index in [2.05, 4.69) is 77.8 Å². The Morgan fingerprint density at radius 1 is 1.06 bits per heavy atom. The molecule has 0 spiro atoms. The SMILES string of the molecule is COCCn1c(C)cc([C@H]2[C@H](c3ccccn3)NC(=S)N2c2cc(C)cc(C)c2)c1C. The highest BCUT2D eigenvalue weighted by molar-refractivity contribution is 7.80. The standard InChI is InChI=1S/C25H30N4OS/c1-16-12-17(2)14-20(13-16)29-24(21-15-18(3)28(19(21)4)10-11-30-5)23(27-25(29)31)22-8-6-7-9-26-22/h6-9,12-15,23-24H,10-11H2,1-5H3,(H,27,31)/t23-,24-/m0/s1. The van der Waals surface area contributed by atoms with Gasteiger partial charge in [0.2, 0.25) is 0 Å². The van der Waals surface area contributed by atoms with Crippen LogP contribution in [0, 0.1) is 27.7 Å². The van der Waals surface area contributed by atoms with Crippen molar-refractivity contribution in [3.63, 3.8) is 0 Å². The van der Waals surface area contributed by atoms with Crippen LogP contribution in [0.4, 0.5) is 5.69 Å². The molecule has 31 heavy (non-hydrogen) atoms. The van der Waals surface area contributed by atoms with Crippen molar-refractivity contribution in [3.05, 3.63) is 82.4 Å². The van der Waals surface area contributed by atoms with Crippen molar-refractivity contribution in [2.75, 3.05) is 18.6 Å². The molecule has 0 bridgehead atoms. The first-order valence-corrected chi connectivity index (χ1v) is 11.1. The minimum atomic E-state index is -0.0362. The zero-order chi connectivity index (χ0) is 22.1. The number of nitrogens with zero attached hydrogens (tertiary/aromatic N) is 3. The number of methoxy groups -OCH3 is 1. The molecule has 5 nitrogen and oxygen atoms in total. The van der Waals surface area contributed by atoms with E-state index in [1.807, 2.05) is 18.3 Å². The van der Waals surface area contributed by atoms with E-state index in [-0.39, 0.29) is 12.1 Å². The second kappa shape index (κ2) is 8.81. The van der Waals surface area contributed by atoms with Crippen LogP contribution >= 0.6 is 12.2 Å². The number of rotatable bonds is 6. The Labute approximate surface area is 190 Å². The number of benzene rings is 1. The van der Waals surface area contributed by atoms with Crippen molar-refractivity contribution >= 4 is 23.0 Å². The molecule has 162 valence electrons. The first kappa shape index (κ1) is 21.5. The number of anilines is 1. The zero-order valence-corrected chi connectivity index (χ0v) is 19.7. The van der Waals surface area contributed by atoms with Gasteiger partial charge in [-0.25, -0.2) is 0 Å². The molecule has 1 N–H and O–H groups in total. The molecule has 2 aromatic heterocycles. The van der Waals surface area contributed by atoms with Crippen molar-refractivity contribution < 1.29 is 4.74 Å². The Kier molecular flexibility index (Phi) is 6.12. The van der Waals surface area contributed by atoms with Gasteiger partial charge < -0.3 is 19.5 Å². The topological polar surface area (TPSA) is 42.3 Å². The molecule has 6 heteroatoms. The lowest BCUT2D eigenvalue weighted by Crippen LogP contribution is -2.29. The highest BCUT2D eigenvalue weighted by Gasteiger charge is 2.42. The summed E-state index contributed by atoms with van der Waals surface area (Å²) in [5.74, 6) is 0. The van der Waals surface area contributed by atoms with E-state index in [9.17, 15) is 0 Å². The maximum Gasteiger partial charge on any atom is 0.174 e. The van der Waals surface area contributed by atoms with Gasteiger partial charge in [0.15, 0.2) is 5.11 Å². The normalized spacial score (nSPS) is 18.5. The number of nitrogens with one attached hydrogen (secondary N) is 1. The molecule has 0 saturated carbocycles. The molecule has 3 aromatic rings. The van der Waals surface area contributed by atoms with Crippen molar-refractivity contribution in [1.29, 1.82) is 0 Å². The van der Waals surface area contributed by atoms with Gasteiger partial charge in [-0.15, -0.1) is 0 Å². The van der Waals surface area contributed by atoms with Crippen LogP contribution in [0.15, 0.2) is 48.7 Å². The van der Waals surface area contributed by atoms with Gasteiger partial charge in [-0.3, -0.25) is 4.98 Å². The summed E-state index contributed by atoms with van der Waals surface area (Å²) in [5, 5.41) is 4.30. The molecule has 2 atom stereocenters. The summed E-state index contributed by atoms with van der Waals surface area (Å²) in [6.07, 6.45) is 1.85. The number of hydrogen-bond donors (Lipinski definition) is 1. The second-order valence-electron chi connectivity index (χ2n) is 8.31. The summed E-state index contributed by atoms with van der Waals surface area (Å²) < 4.78 is 7.67. The van der Waals surface area contributed by atoms with E-state index >= 15 is 0 Å². The maximum atomic E-state index is 5.88. The Hall–Kier alpha value is -2.70. The number of pyridine rings is 1. The van der Waals surface area contributed by atoms with Gasteiger partial charge in [-0.05, 0) is 86.9 Å². The molecule has 0 unspecified atom stereocenters. The van der Waals surface area contributed by atoms with Gasteiger partial charge >= 0.3 is 0 Å². The molecule has 0 amide bonds. The van der Waals surface area contributed by atoms with Gasteiger partial charge in [-0.1, -0.05) is 12.1 Å². The highest BCUT2D eigenvalue weighted by atomic mass is 32.1. The smallest absolute Gasteiger partial charge is 0.174 e. The molecule has 1 fully saturated rings. The van der Waals surface area contributed by atoms with Crippen LogP contribution in [0.5, 0.6) is 0 Å². The van der Waals surface area contributed by atoms with Crippen LogP contribution in [-0.2, 0) is 11.3 Å². The Balaban J connectivity index is 1.86. The summed E-state index contributed by atoms with van der Waals surface area (Å²) in [7, 11) is 1.74. The molecule has 3 heterocycles. The van der Waals surface area contributed by atoms with Crippen LogP contribution in [0.3, 0.4) is 0 Å². The van der Waals surface area contributed by atoms with Crippen LogP contribution < -0.4 is 10.2 Å². The van der Waals surface area contributed by atoms with Gasteiger partial charge in [0.1, 0.15) is 0 Å². The number of hydrogen-bond acceptors (Lipinski definition) is 3. The van der Waals surface area contributed by atoms with Crippen LogP contribution in [0.1, 0.15) is 45.9 Å². The summed E-state index contributed by atoms with van der Waals surface area (Å²) in [4.78, 5) is 6.93. The average molecular weight is 435 g/mol. The summed E-state index contributed by atoms with van der Waals surface area (Å²) in [6, 6.07) is 14.9. The van der Waals surface area contributed by atoms with Crippen molar-refractivity contribution in [3.8, 4) is 0 Å². The predicted octanol–water partition coefficient (Wildman–Crippen LogP) is 4.94. The fraction of sp³-hybridized carbons (Fsp3) is 0.360. The molecule has 1 saturated heterocycles. The number of aryl methyl sites for hydroxylation is 3. The van der Waals surface area contributed by atoms with Crippen molar-refractivity contribution in [1.82, 2.24) is 14.9 Å². The molecule has 4 rings (SSSR count). The van der Waals surface area contributed by atoms with Gasteiger partial charge in [0.25, 0.3) is 0 Å². The van der Waals surface area contributed by atoms with Crippen molar-refractivity contribution in [2.24, 2.45) is 0 Å². The fourth-order valence-electron chi connectivity index (χ4n) is 4.69. The summed E-state index contributed by atoms with van der Waals surface area (Å²) in [6.45, 7) is 10.1. The number of ether oxygens (including phenoxy) is 1. The minimum Gasteiger partial charge on any atom is -0.383 e. The lowest BCUT2D eigenvalue weighted by molar-refractivity contribution is 0.186. The summed E-state index contributed by atoms with van der Waals surface area (Å²) in [5.41, 5.74) is 8.27. The average Bonchev–Trinajstić information content (AvgIpc) is 3.22. The first-order chi connectivity index (χ1) is 14.9. The van der Waals surface area contributed by atoms with E-state index in [4.69, 9.17) is 17.0 Å². The molecule has 1 aliphatic rings. The highest BCUT2D eigenvalue weighted by Crippen LogP contribution is 2.43. The van der Waals surface area contributed by atoms with E-state index in [1.165, 1.54) is 28.1 Å². The van der Waals surface area contributed by atoms with Gasteiger partial charge in [0, 0.05) is 36.9 Å². The first-order valence-electron chi connectivity index (χ1n) is 10.6. The Bertz CT molecular complexity index is 1070. The quantitative estimate of drug-likeness (QED) is 0.557. The van der Waals surface area contributed by atoms with E-state index in [0.717, 1.165) is 23.0 Å². The predicted molar refractivity (Wildman–Crippen MR) is 130 cm³/mol. The molecule has 0 radical (unpaired) electrons. The number of aromatic nitrogens is 2.